The van der Waals surface area contributed by atoms with Crippen molar-refractivity contribution in [3.8, 4) is 0 Å². The van der Waals surface area contributed by atoms with Crippen LogP contribution in [0.15, 0.2) is 24.3 Å². The molecule has 1 amide bonds. The lowest BCUT2D eigenvalue weighted by Gasteiger charge is -2.26. The molecule has 122 valence electrons. The molecular formula is C17H25ClN2OS. The summed E-state index contributed by atoms with van der Waals surface area (Å²) in [5.74, 6) is 1.04. The number of nitrogens with two attached hydrogens (primary N) is 1. The van der Waals surface area contributed by atoms with Gasteiger partial charge in [-0.25, -0.2) is 0 Å². The molecule has 1 aliphatic carbocycles. The first-order valence-electron chi connectivity index (χ1n) is 7.83. The van der Waals surface area contributed by atoms with Crippen molar-refractivity contribution >= 4 is 35.8 Å². The third-order valence-corrected chi connectivity index (χ3v) is 5.65. The standard InChI is InChI=1S/C17H24N2OS.ClH/c1-21-11-8-14(18)16(20)19-12-17(9-4-5-10-17)13-6-2-3-7-15(13)19;/h2-3,6-7,14H,4-5,8-12,18H2,1H3;1H/t14-;/m0./s1. The maximum absolute atomic E-state index is 12.7. The zero-order valence-corrected chi connectivity index (χ0v) is 14.7. The van der Waals surface area contributed by atoms with Crippen LogP contribution in [0.3, 0.4) is 0 Å². The van der Waals surface area contributed by atoms with Crippen LogP contribution >= 0.6 is 24.2 Å². The number of nitrogens with zero attached hydrogens (tertiary/aromatic N) is 1. The van der Waals surface area contributed by atoms with Crippen LogP contribution in [-0.4, -0.2) is 30.5 Å². The van der Waals surface area contributed by atoms with E-state index in [2.05, 4.69) is 24.5 Å². The first-order chi connectivity index (χ1) is 10.2. The molecule has 3 nitrogen and oxygen atoms in total. The SMILES string of the molecule is CSCC[C@H](N)C(=O)N1CC2(CCCC2)c2ccccc21.Cl. The summed E-state index contributed by atoms with van der Waals surface area (Å²) in [4.78, 5) is 14.7. The monoisotopic (exact) mass is 340 g/mol. The van der Waals surface area contributed by atoms with E-state index < -0.39 is 0 Å². The van der Waals surface area contributed by atoms with Crippen LogP contribution in [0.4, 0.5) is 5.69 Å². The molecule has 1 heterocycles. The molecule has 1 saturated carbocycles. The van der Waals surface area contributed by atoms with Gasteiger partial charge in [0.2, 0.25) is 5.91 Å². The number of para-hydroxylation sites is 1. The van der Waals surface area contributed by atoms with E-state index in [0.29, 0.717) is 0 Å². The summed E-state index contributed by atoms with van der Waals surface area (Å²) >= 11 is 1.74. The average Bonchev–Trinajstić information content (AvgIpc) is 3.11. The van der Waals surface area contributed by atoms with E-state index >= 15 is 0 Å². The number of amides is 1. The normalized spacial score (nSPS) is 19.8. The number of rotatable bonds is 4. The number of hydrogen-bond acceptors (Lipinski definition) is 3. The fraction of sp³-hybridized carbons (Fsp3) is 0.588. The van der Waals surface area contributed by atoms with E-state index in [4.69, 9.17) is 5.73 Å². The summed E-state index contributed by atoms with van der Waals surface area (Å²) in [6.07, 6.45) is 7.76. The number of fused-ring (bicyclic) bond motifs is 2. The fourth-order valence-electron chi connectivity index (χ4n) is 3.87. The van der Waals surface area contributed by atoms with Crippen LogP contribution in [0.5, 0.6) is 0 Å². The zero-order chi connectivity index (χ0) is 14.9. The maximum atomic E-state index is 12.7. The fourth-order valence-corrected chi connectivity index (χ4v) is 4.36. The molecule has 2 N–H and O–H groups in total. The largest absolute Gasteiger partial charge is 0.320 e. The minimum absolute atomic E-state index is 0. The van der Waals surface area contributed by atoms with Crippen molar-refractivity contribution in [3.63, 3.8) is 0 Å². The molecule has 1 spiro atoms. The smallest absolute Gasteiger partial charge is 0.243 e. The molecule has 1 aromatic rings. The van der Waals surface area contributed by atoms with Crippen molar-refractivity contribution in [3.05, 3.63) is 29.8 Å². The second kappa shape index (κ2) is 7.24. The minimum atomic E-state index is -0.373. The van der Waals surface area contributed by atoms with E-state index in [1.165, 1.54) is 31.2 Å². The van der Waals surface area contributed by atoms with Crippen LogP contribution < -0.4 is 10.6 Å². The lowest BCUT2D eigenvalue weighted by atomic mass is 9.81. The maximum Gasteiger partial charge on any atom is 0.243 e. The molecule has 5 heteroatoms. The first kappa shape index (κ1) is 17.6. The Morgan fingerprint density at radius 1 is 1.36 bits per heavy atom. The quantitative estimate of drug-likeness (QED) is 0.914. The van der Waals surface area contributed by atoms with Crippen molar-refractivity contribution in [2.75, 3.05) is 23.5 Å². The number of halogens is 1. The molecule has 2 aliphatic rings. The lowest BCUT2D eigenvalue weighted by molar-refractivity contribution is -0.119. The van der Waals surface area contributed by atoms with Gasteiger partial charge in [-0.05, 0) is 42.9 Å². The predicted octanol–water partition coefficient (Wildman–Crippen LogP) is 3.35. The highest BCUT2D eigenvalue weighted by Gasteiger charge is 2.46. The number of hydrogen-bond donors (Lipinski definition) is 1. The van der Waals surface area contributed by atoms with Gasteiger partial charge >= 0.3 is 0 Å². The average molecular weight is 341 g/mol. The number of anilines is 1. The van der Waals surface area contributed by atoms with Gasteiger partial charge in [-0.3, -0.25) is 4.79 Å². The predicted molar refractivity (Wildman–Crippen MR) is 97.2 cm³/mol. The molecule has 0 saturated heterocycles. The molecule has 1 fully saturated rings. The molecule has 0 aromatic heterocycles. The highest BCUT2D eigenvalue weighted by Crippen LogP contribution is 2.50. The molecule has 1 aromatic carbocycles. The molecular weight excluding hydrogens is 316 g/mol. The van der Waals surface area contributed by atoms with Gasteiger partial charge in [0, 0.05) is 17.6 Å². The van der Waals surface area contributed by atoms with Gasteiger partial charge in [-0.15, -0.1) is 12.4 Å². The molecule has 1 atom stereocenters. The van der Waals surface area contributed by atoms with E-state index in [1.807, 2.05) is 11.0 Å². The van der Waals surface area contributed by atoms with Crippen molar-refractivity contribution < 1.29 is 4.79 Å². The first-order valence-corrected chi connectivity index (χ1v) is 9.23. The Hall–Kier alpha value is -0.710. The van der Waals surface area contributed by atoms with Crippen molar-refractivity contribution in [1.82, 2.24) is 0 Å². The Balaban J connectivity index is 0.00000176. The van der Waals surface area contributed by atoms with Crippen LogP contribution in [0.1, 0.15) is 37.7 Å². The van der Waals surface area contributed by atoms with Crippen molar-refractivity contribution in [2.45, 2.75) is 43.6 Å². The minimum Gasteiger partial charge on any atom is -0.320 e. The van der Waals surface area contributed by atoms with Gasteiger partial charge < -0.3 is 10.6 Å². The van der Waals surface area contributed by atoms with Crippen LogP contribution in [0.2, 0.25) is 0 Å². The Kier molecular flexibility index (Phi) is 5.81. The van der Waals surface area contributed by atoms with Gasteiger partial charge in [0.1, 0.15) is 0 Å². The molecule has 0 unspecified atom stereocenters. The topological polar surface area (TPSA) is 46.3 Å². The summed E-state index contributed by atoms with van der Waals surface area (Å²) in [5.41, 5.74) is 8.79. The summed E-state index contributed by atoms with van der Waals surface area (Å²) in [6.45, 7) is 0.831. The van der Waals surface area contributed by atoms with Crippen LogP contribution in [0.25, 0.3) is 0 Å². The van der Waals surface area contributed by atoms with Gasteiger partial charge in [0.15, 0.2) is 0 Å². The third kappa shape index (κ3) is 3.01. The molecule has 22 heavy (non-hydrogen) atoms. The molecule has 0 radical (unpaired) electrons. The lowest BCUT2D eigenvalue weighted by Crippen LogP contribution is -2.45. The van der Waals surface area contributed by atoms with E-state index in [9.17, 15) is 4.79 Å². The van der Waals surface area contributed by atoms with E-state index in [-0.39, 0.29) is 29.8 Å². The van der Waals surface area contributed by atoms with Gasteiger partial charge in [0.25, 0.3) is 0 Å². The number of thioether (sulfide) groups is 1. The van der Waals surface area contributed by atoms with Crippen molar-refractivity contribution in [1.29, 1.82) is 0 Å². The summed E-state index contributed by atoms with van der Waals surface area (Å²) in [7, 11) is 0. The van der Waals surface area contributed by atoms with E-state index in [0.717, 1.165) is 24.4 Å². The van der Waals surface area contributed by atoms with Gasteiger partial charge in [0.05, 0.1) is 6.04 Å². The summed E-state index contributed by atoms with van der Waals surface area (Å²) < 4.78 is 0. The highest BCUT2D eigenvalue weighted by molar-refractivity contribution is 7.98. The van der Waals surface area contributed by atoms with Crippen molar-refractivity contribution in [2.24, 2.45) is 5.73 Å². The van der Waals surface area contributed by atoms with Crippen LogP contribution in [0, 0.1) is 0 Å². The molecule has 3 rings (SSSR count). The van der Waals surface area contributed by atoms with Crippen LogP contribution in [-0.2, 0) is 10.2 Å². The summed E-state index contributed by atoms with van der Waals surface area (Å²) in [6, 6.07) is 8.05. The second-order valence-corrected chi connectivity index (χ2v) is 7.30. The Bertz CT molecular complexity index is 531. The molecule has 1 aliphatic heterocycles. The number of carbonyl (C=O) groups is 1. The summed E-state index contributed by atoms with van der Waals surface area (Å²) in [5, 5.41) is 0. The number of benzene rings is 1. The Morgan fingerprint density at radius 3 is 2.73 bits per heavy atom. The molecule has 0 bridgehead atoms. The van der Waals surface area contributed by atoms with E-state index in [1.54, 1.807) is 11.8 Å². The zero-order valence-electron chi connectivity index (χ0n) is 13.1. The van der Waals surface area contributed by atoms with Gasteiger partial charge in [-0.1, -0.05) is 31.0 Å². The Labute approximate surface area is 143 Å². The highest BCUT2D eigenvalue weighted by atomic mass is 35.5. The third-order valence-electron chi connectivity index (χ3n) is 5.00. The second-order valence-electron chi connectivity index (χ2n) is 6.32. The number of carbonyl (C=O) groups excluding carboxylic acids is 1. The Morgan fingerprint density at radius 2 is 2.05 bits per heavy atom. The van der Waals surface area contributed by atoms with Gasteiger partial charge in [-0.2, -0.15) is 11.8 Å².